The molecule has 0 aliphatic heterocycles. The van der Waals surface area contributed by atoms with Crippen LogP contribution < -0.4 is 0 Å². The van der Waals surface area contributed by atoms with Gasteiger partial charge in [-0.1, -0.05) is 30.3 Å². The van der Waals surface area contributed by atoms with Crippen LogP contribution >= 0.6 is 0 Å². The van der Waals surface area contributed by atoms with Gasteiger partial charge in [0.1, 0.15) is 5.82 Å². The van der Waals surface area contributed by atoms with Crippen LogP contribution in [0.15, 0.2) is 54.9 Å². The van der Waals surface area contributed by atoms with Crippen molar-refractivity contribution in [3.63, 3.8) is 0 Å². The van der Waals surface area contributed by atoms with Gasteiger partial charge in [-0.05, 0) is 31.0 Å². The maximum atomic E-state index is 13.9. The zero-order valence-corrected chi connectivity index (χ0v) is 13.4. The van der Waals surface area contributed by atoms with Crippen LogP contribution in [0.5, 0.6) is 0 Å². The number of benzene rings is 2. The van der Waals surface area contributed by atoms with E-state index < -0.39 is 0 Å². The molecular formula is C20H14FN4. The molecule has 0 saturated heterocycles. The molecule has 121 valence electrons. The smallest absolute Gasteiger partial charge is 0.219 e. The monoisotopic (exact) mass is 329 g/mol. The fourth-order valence-corrected chi connectivity index (χ4v) is 3.10. The van der Waals surface area contributed by atoms with Gasteiger partial charge in [-0.3, -0.25) is 0 Å². The minimum Gasteiger partial charge on any atom is -0.219 e. The Bertz CT molecular complexity index is 1060. The van der Waals surface area contributed by atoms with Gasteiger partial charge in [-0.2, -0.15) is 9.78 Å². The molecule has 0 N–H and O–H groups in total. The van der Waals surface area contributed by atoms with E-state index in [1.165, 1.54) is 18.9 Å². The number of rotatable bonds is 3. The van der Waals surface area contributed by atoms with Crippen molar-refractivity contribution in [1.29, 1.82) is 0 Å². The average molecular weight is 329 g/mol. The molecule has 0 atom stereocenters. The highest BCUT2D eigenvalue weighted by Gasteiger charge is 2.29. The summed E-state index contributed by atoms with van der Waals surface area (Å²) in [5, 5.41) is 5.87. The van der Waals surface area contributed by atoms with E-state index in [1.807, 2.05) is 18.2 Å². The van der Waals surface area contributed by atoms with E-state index in [1.54, 1.807) is 35.3 Å². The zero-order valence-electron chi connectivity index (χ0n) is 13.4. The number of fused-ring (bicyclic) bond motifs is 1. The first kappa shape index (κ1) is 14.3. The molecule has 0 bridgehead atoms. The maximum absolute atomic E-state index is 13.9. The van der Waals surface area contributed by atoms with Crippen molar-refractivity contribution >= 4 is 10.9 Å². The highest BCUT2D eigenvalue weighted by molar-refractivity contribution is 5.83. The van der Waals surface area contributed by atoms with Gasteiger partial charge in [0.05, 0.1) is 11.2 Å². The molecule has 5 heteroatoms. The van der Waals surface area contributed by atoms with E-state index >= 15 is 0 Å². The van der Waals surface area contributed by atoms with Crippen LogP contribution in [-0.2, 0) is 0 Å². The van der Waals surface area contributed by atoms with Gasteiger partial charge < -0.3 is 0 Å². The van der Waals surface area contributed by atoms with Gasteiger partial charge in [0.25, 0.3) is 5.95 Å². The molecule has 0 spiro atoms. The van der Waals surface area contributed by atoms with E-state index in [2.05, 4.69) is 16.0 Å². The predicted octanol–water partition coefficient (Wildman–Crippen LogP) is 4.30. The molecule has 1 aliphatic rings. The van der Waals surface area contributed by atoms with Crippen molar-refractivity contribution in [3.05, 3.63) is 72.4 Å². The van der Waals surface area contributed by atoms with Crippen molar-refractivity contribution in [3.8, 4) is 17.1 Å². The van der Waals surface area contributed by atoms with Crippen molar-refractivity contribution < 1.29 is 4.39 Å². The van der Waals surface area contributed by atoms with Crippen LogP contribution in [0, 0.1) is 11.9 Å². The van der Waals surface area contributed by atoms with Gasteiger partial charge >= 0.3 is 0 Å². The van der Waals surface area contributed by atoms with Gasteiger partial charge in [0.2, 0.25) is 0 Å². The Balaban J connectivity index is 1.60. The van der Waals surface area contributed by atoms with Crippen LogP contribution in [0.3, 0.4) is 0 Å². The summed E-state index contributed by atoms with van der Waals surface area (Å²) in [6, 6.07) is 15.6. The maximum Gasteiger partial charge on any atom is 0.251 e. The third-order valence-corrected chi connectivity index (χ3v) is 4.53. The molecule has 0 unspecified atom stereocenters. The lowest BCUT2D eigenvalue weighted by Gasteiger charge is -2.05. The van der Waals surface area contributed by atoms with E-state index in [0.717, 1.165) is 16.6 Å². The van der Waals surface area contributed by atoms with E-state index in [0.29, 0.717) is 23.0 Å². The minimum atomic E-state index is -0.283. The summed E-state index contributed by atoms with van der Waals surface area (Å²) >= 11 is 0. The summed E-state index contributed by atoms with van der Waals surface area (Å²) in [6.07, 6.45) is 5.63. The summed E-state index contributed by atoms with van der Waals surface area (Å²) < 4.78 is 15.7. The first-order chi connectivity index (χ1) is 12.3. The SMILES string of the molecule is Fc1ccccc1-c1cnc(-n2nc(C3CC3)c3cc[c]cc32)nc1. The lowest BCUT2D eigenvalue weighted by molar-refractivity contribution is 0.631. The number of hydrogen-bond donors (Lipinski definition) is 0. The third-order valence-electron chi connectivity index (χ3n) is 4.53. The molecule has 4 nitrogen and oxygen atoms in total. The normalized spacial score (nSPS) is 14.1. The minimum absolute atomic E-state index is 0.283. The predicted molar refractivity (Wildman–Crippen MR) is 92.9 cm³/mol. The quantitative estimate of drug-likeness (QED) is 0.563. The van der Waals surface area contributed by atoms with E-state index in [-0.39, 0.29) is 5.82 Å². The van der Waals surface area contributed by atoms with Crippen LogP contribution in [0.25, 0.3) is 28.0 Å². The Kier molecular flexibility index (Phi) is 3.13. The fourth-order valence-electron chi connectivity index (χ4n) is 3.10. The number of halogens is 1. The first-order valence-corrected chi connectivity index (χ1v) is 8.27. The second-order valence-electron chi connectivity index (χ2n) is 6.27. The molecule has 2 aromatic carbocycles. The molecule has 1 saturated carbocycles. The summed E-state index contributed by atoms with van der Waals surface area (Å²) in [5.41, 5.74) is 3.19. The van der Waals surface area contributed by atoms with Crippen LogP contribution in [0.2, 0.25) is 0 Å². The van der Waals surface area contributed by atoms with Gasteiger partial charge in [-0.25, -0.2) is 14.4 Å². The van der Waals surface area contributed by atoms with Gasteiger partial charge in [0.15, 0.2) is 0 Å². The summed E-state index contributed by atoms with van der Waals surface area (Å²) in [7, 11) is 0. The van der Waals surface area contributed by atoms with Crippen LogP contribution in [-0.4, -0.2) is 19.7 Å². The molecule has 5 rings (SSSR count). The largest absolute Gasteiger partial charge is 0.251 e. The Hall–Kier alpha value is -3.08. The van der Waals surface area contributed by atoms with Gasteiger partial charge in [0, 0.05) is 34.8 Å². The molecule has 1 fully saturated rings. The second kappa shape index (κ2) is 5.48. The van der Waals surface area contributed by atoms with Crippen LogP contribution in [0.1, 0.15) is 24.5 Å². The standard InChI is InChI=1S/C20H14FN4/c21-17-7-3-1-5-15(17)14-11-22-20(23-12-14)25-18-8-4-2-6-16(18)19(24-25)13-9-10-13/h1-3,5-8,11-13H,9-10H2. The van der Waals surface area contributed by atoms with Crippen molar-refractivity contribution in [2.75, 3.05) is 0 Å². The Morgan fingerprint density at radius 2 is 1.88 bits per heavy atom. The fraction of sp³-hybridized carbons (Fsp3) is 0.150. The molecule has 4 aromatic rings. The molecule has 2 heterocycles. The lowest BCUT2D eigenvalue weighted by atomic mass is 10.1. The number of aromatic nitrogens is 4. The van der Waals surface area contributed by atoms with Crippen molar-refractivity contribution in [2.45, 2.75) is 18.8 Å². The molecular weight excluding hydrogens is 315 g/mol. The Morgan fingerprint density at radius 3 is 2.64 bits per heavy atom. The molecule has 1 radical (unpaired) electrons. The number of hydrogen-bond acceptors (Lipinski definition) is 3. The topological polar surface area (TPSA) is 43.6 Å². The van der Waals surface area contributed by atoms with E-state index in [9.17, 15) is 4.39 Å². The Labute approximate surface area is 144 Å². The third kappa shape index (κ3) is 2.39. The highest BCUT2D eigenvalue weighted by atomic mass is 19.1. The molecule has 1 aliphatic carbocycles. The van der Waals surface area contributed by atoms with Gasteiger partial charge in [-0.15, -0.1) is 0 Å². The lowest BCUT2D eigenvalue weighted by Crippen LogP contribution is -2.03. The van der Waals surface area contributed by atoms with Crippen molar-refractivity contribution in [2.24, 2.45) is 0 Å². The summed E-state index contributed by atoms with van der Waals surface area (Å²) in [6.45, 7) is 0. The van der Waals surface area contributed by atoms with E-state index in [4.69, 9.17) is 5.10 Å². The Morgan fingerprint density at radius 1 is 1.08 bits per heavy atom. The van der Waals surface area contributed by atoms with Crippen molar-refractivity contribution in [1.82, 2.24) is 19.7 Å². The molecule has 25 heavy (non-hydrogen) atoms. The second-order valence-corrected chi connectivity index (χ2v) is 6.27. The van der Waals surface area contributed by atoms with Crippen LogP contribution in [0.4, 0.5) is 4.39 Å². The first-order valence-electron chi connectivity index (χ1n) is 8.27. The average Bonchev–Trinajstić information content (AvgIpc) is 3.43. The molecule has 2 aromatic heterocycles. The zero-order chi connectivity index (χ0) is 16.8. The summed E-state index contributed by atoms with van der Waals surface area (Å²) in [5.74, 6) is 0.731. The molecule has 0 amide bonds. The summed E-state index contributed by atoms with van der Waals surface area (Å²) in [4.78, 5) is 8.84. The number of nitrogens with zero attached hydrogens (tertiary/aromatic N) is 4. The highest BCUT2D eigenvalue weighted by Crippen LogP contribution is 2.42.